The van der Waals surface area contributed by atoms with Gasteiger partial charge in [0.2, 0.25) is 0 Å². The van der Waals surface area contributed by atoms with E-state index in [2.05, 4.69) is 0 Å². The molecule has 0 atom stereocenters. The molecule has 1 aliphatic rings. The second-order valence-corrected chi connectivity index (χ2v) is 3.22. The van der Waals surface area contributed by atoms with Gasteiger partial charge in [-0.15, -0.1) is 0 Å². The molecule has 0 N–H and O–H groups in total. The van der Waals surface area contributed by atoms with E-state index in [4.69, 9.17) is 14.2 Å². The first kappa shape index (κ1) is 9.49. The highest BCUT2D eigenvalue weighted by molar-refractivity contribution is 5.27. The minimum Gasteiger partial charge on any atom is -0.497 e. The third kappa shape index (κ3) is 2.25. The van der Waals surface area contributed by atoms with Crippen LogP contribution >= 0.6 is 0 Å². The van der Waals surface area contributed by atoms with E-state index in [1.54, 1.807) is 7.11 Å². The van der Waals surface area contributed by atoms with Gasteiger partial charge in [0.1, 0.15) is 5.75 Å². The van der Waals surface area contributed by atoms with Crippen LogP contribution in [-0.4, -0.2) is 26.6 Å². The third-order valence-electron chi connectivity index (χ3n) is 2.25. The molecule has 0 unspecified atom stereocenters. The molecule has 3 nitrogen and oxygen atoms in total. The van der Waals surface area contributed by atoms with Crippen LogP contribution in [0.4, 0.5) is 0 Å². The highest BCUT2D eigenvalue weighted by atomic mass is 16.7. The SMILES string of the molecule is COc1ccc(CC2OCCO2)cc1. The Morgan fingerprint density at radius 1 is 1.21 bits per heavy atom. The van der Waals surface area contributed by atoms with Crippen LogP contribution in [0.3, 0.4) is 0 Å². The van der Waals surface area contributed by atoms with Crippen molar-refractivity contribution in [2.45, 2.75) is 12.7 Å². The van der Waals surface area contributed by atoms with Gasteiger partial charge in [0.25, 0.3) is 0 Å². The van der Waals surface area contributed by atoms with Crippen molar-refractivity contribution in [3.05, 3.63) is 29.8 Å². The molecule has 0 saturated carbocycles. The average molecular weight is 194 g/mol. The summed E-state index contributed by atoms with van der Waals surface area (Å²) in [6.07, 6.45) is 0.743. The Hall–Kier alpha value is -1.06. The second kappa shape index (κ2) is 4.44. The Kier molecular flexibility index (Phi) is 3.01. The standard InChI is InChI=1S/C11H14O3/c1-12-10-4-2-9(3-5-10)8-11-13-6-7-14-11/h2-5,11H,6-8H2,1H3. The van der Waals surface area contributed by atoms with Crippen molar-refractivity contribution in [2.75, 3.05) is 20.3 Å². The first-order valence-corrected chi connectivity index (χ1v) is 4.74. The van der Waals surface area contributed by atoms with E-state index in [1.165, 1.54) is 5.56 Å². The molecule has 0 amide bonds. The minimum atomic E-state index is -0.0663. The zero-order chi connectivity index (χ0) is 9.80. The van der Waals surface area contributed by atoms with Crippen LogP contribution < -0.4 is 4.74 Å². The van der Waals surface area contributed by atoms with Crippen molar-refractivity contribution in [3.8, 4) is 5.75 Å². The van der Waals surface area contributed by atoms with Gasteiger partial charge in [0, 0.05) is 6.42 Å². The molecular formula is C11H14O3. The topological polar surface area (TPSA) is 27.7 Å². The fourth-order valence-corrected chi connectivity index (χ4v) is 1.48. The Balaban J connectivity index is 1.95. The summed E-state index contributed by atoms with van der Waals surface area (Å²) in [7, 11) is 1.66. The summed E-state index contributed by atoms with van der Waals surface area (Å²) < 4.78 is 15.8. The molecule has 2 rings (SSSR count). The molecule has 1 aliphatic heterocycles. The monoisotopic (exact) mass is 194 g/mol. The Bertz CT molecular complexity index is 275. The summed E-state index contributed by atoms with van der Waals surface area (Å²) >= 11 is 0. The van der Waals surface area contributed by atoms with E-state index in [-0.39, 0.29) is 6.29 Å². The molecule has 1 heterocycles. The van der Waals surface area contributed by atoms with Gasteiger partial charge in [0.05, 0.1) is 20.3 Å². The summed E-state index contributed by atoms with van der Waals surface area (Å²) in [6.45, 7) is 1.42. The second-order valence-electron chi connectivity index (χ2n) is 3.22. The average Bonchev–Trinajstić information content (AvgIpc) is 2.72. The first-order chi connectivity index (χ1) is 6.88. The van der Waals surface area contributed by atoms with Gasteiger partial charge in [-0.25, -0.2) is 0 Å². The van der Waals surface area contributed by atoms with Crippen LogP contribution in [0.25, 0.3) is 0 Å². The lowest BCUT2D eigenvalue weighted by Crippen LogP contribution is -2.10. The van der Waals surface area contributed by atoms with Crippen molar-refractivity contribution >= 4 is 0 Å². The Morgan fingerprint density at radius 3 is 2.43 bits per heavy atom. The van der Waals surface area contributed by atoms with E-state index in [0.717, 1.165) is 12.2 Å². The van der Waals surface area contributed by atoms with E-state index >= 15 is 0 Å². The maximum Gasteiger partial charge on any atom is 0.161 e. The number of rotatable bonds is 3. The Labute approximate surface area is 83.6 Å². The number of methoxy groups -OCH3 is 1. The summed E-state index contributed by atoms with van der Waals surface area (Å²) in [6, 6.07) is 7.96. The molecule has 1 aromatic rings. The van der Waals surface area contributed by atoms with Crippen molar-refractivity contribution in [1.29, 1.82) is 0 Å². The van der Waals surface area contributed by atoms with Crippen LogP contribution in [0.1, 0.15) is 5.56 Å². The lowest BCUT2D eigenvalue weighted by atomic mass is 10.1. The maximum absolute atomic E-state index is 5.36. The molecule has 76 valence electrons. The number of ether oxygens (including phenoxy) is 3. The fourth-order valence-electron chi connectivity index (χ4n) is 1.48. The predicted octanol–water partition coefficient (Wildman–Crippen LogP) is 1.61. The van der Waals surface area contributed by atoms with Crippen molar-refractivity contribution < 1.29 is 14.2 Å². The van der Waals surface area contributed by atoms with E-state index in [1.807, 2.05) is 24.3 Å². The molecule has 1 aromatic carbocycles. The van der Waals surface area contributed by atoms with Crippen LogP contribution in [-0.2, 0) is 15.9 Å². The van der Waals surface area contributed by atoms with Gasteiger partial charge < -0.3 is 14.2 Å². The van der Waals surface area contributed by atoms with Crippen molar-refractivity contribution in [2.24, 2.45) is 0 Å². The normalized spacial score (nSPS) is 17.2. The lowest BCUT2D eigenvalue weighted by Gasteiger charge is -2.08. The summed E-state index contributed by atoms with van der Waals surface area (Å²) in [5, 5.41) is 0. The molecule has 0 bridgehead atoms. The largest absolute Gasteiger partial charge is 0.497 e. The first-order valence-electron chi connectivity index (χ1n) is 4.74. The molecular weight excluding hydrogens is 180 g/mol. The highest BCUT2D eigenvalue weighted by Gasteiger charge is 2.15. The van der Waals surface area contributed by atoms with E-state index in [0.29, 0.717) is 13.2 Å². The highest BCUT2D eigenvalue weighted by Crippen LogP contribution is 2.15. The summed E-state index contributed by atoms with van der Waals surface area (Å²) in [5.74, 6) is 0.877. The van der Waals surface area contributed by atoms with Gasteiger partial charge >= 0.3 is 0 Å². The van der Waals surface area contributed by atoms with Crippen molar-refractivity contribution in [1.82, 2.24) is 0 Å². The predicted molar refractivity (Wildman–Crippen MR) is 52.4 cm³/mol. The smallest absolute Gasteiger partial charge is 0.161 e. The van der Waals surface area contributed by atoms with Gasteiger partial charge in [-0.2, -0.15) is 0 Å². The van der Waals surface area contributed by atoms with Crippen LogP contribution in [0.5, 0.6) is 5.75 Å². The molecule has 14 heavy (non-hydrogen) atoms. The molecule has 1 fully saturated rings. The number of benzene rings is 1. The fraction of sp³-hybridized carbons (Fsp3) is 0.455. The van der Waals surface area contributed by atoms with Crippen LogP contribution in [0.15, 0.2) is 24.3 Å². The maximum atomic E-state index is 5.36. The van der Waals surface area contributed by atoms with Gasteiger partial charge in [-0.3, -0.25) is 0 Å². The third-order valence-corrected chi connectivity index (χ3v) is 2.25. The summed E-state index contributed by atoms with van der Waals surface area (Å²) in [4.78, 5) is 0. The lowest BCUT2D eigenvalue weighted by molar-refractivity contribution is -0.0400. The van der Waals surface area contributed by atoms with E-state index in [9.17, 15) is 0 Å². The molecule has 0 spiro atoms. The van der Waals surface area contributed by atoms with E-state index < -0.39 is 0 Å². The zero-order valence-corrected chi connectivity index (χ0v) is 8.23. The number of hydrogen-bond donors (Lipinski definition) is 0. The minimum absolute atomic E-state index is 0.0663. The molecule has 3 heteroatoms. The van der Waals surface area contributed by atoms with Crippen LogP contribution in [0.2, 0.25) is 0 Å². The molecule has 0 aromatic heterocycles. The number of hydrogen-bond acceptors (Lipinski definition) is 3. The quantitative estimate of drug-likeness (QED) is 0.731. The Morgan fingerprint density at radius 2 is 1.86 bits per heavy atom. The van der Waals surface area contributed by atoms with Crippen molar-refractivity contribution in [3.63, 3.8) is 0 Å². The van der Waals surface area contributed by atoms with Crippen LogP contribution in [0, 0.1) is 0 Å². The van der Waals surface area contributed by atoms with Gasteiger partial charge in [-0.1, -0.05) is 12.1 Å². The summed E-state index contributed by atoms with van der Waals surface area (Å²) in [5.41, 5.74) is 1.21. The molecule has 1 saturated heterocycles. The molecule has 0 radical (unpaired) electrons. The zero-order valence-electron chi connectivity index (χ0n) is 8.23. The molecule has 0 aliphatic carbocycles. The van der Waals surface area contributed by atoms with Gasteiger partial charge in [0.15, 0.2) is 6.29 Å². The van der Waals surface area contributed by atoms with Gasteiger partial charge in [-0.05, 0) is 17.7 Å².